The number of nitrogens with one attached hydrogen (secondary N) is 2. The molecule has 1 heterocycles. The van der Waals surface area contributed by atoms with Crippen molar-refractivity contribution in [3.05, 3.63) is 53.6 Å². The first kappa shape index (κ1) is 24.9. The highest BCUT2D eigenvalue weighted by atomic mass is 32.2. The van der Waals surface area contributed by atoms with Gasteiger partial charge in [0.1, 0.15) is 6.10 Å². The van der Waals surface area contributed by atoms with Crippen molar-refractivity contribution in [1.29, 1.82) is 0 Å². The fraction of sp³-hybridized carbons (Fsp3) is 0.423. The molecule has 3 amide bonds. The fourth-order valence-electron chi connectivity index (χ4n) is 4.70. The Hall–Kier alpha value is -3.20. The third-order valence-corrected chi connectivity index (χ3v) is 7.31. The van der Waals surface area contributed by atoms with Gasteiger partial charge in [-0.15, -0.1) is 11.8 Å². The molecule has 0 bridgehead atoms. The van der Waals surface area contributed by atoms with Crippen molar-refractivity contribution in [1.82, 2.24) is 4.90 Å². The molecule has 2 aromatic carbocycles. The quantitative estimate of drug-likeness (QED) is 0.450. The second-order valence-electron chi connectivity index (χ2n) is 9.09. The number of hydrogen-bond donors (Lipinski definition) is 3. The minimum atomic E-state index is -0.766. The lowest BCUT2D eigenvalue weighted by Gasteiger charge is -2.32. The van der Waals surface area contributed by atoms with E-state index in [-0.39, 0.29) is 30.6 Å². The molecular weight excluding hydrogens is 466 g/mol. The highest BCUT2D eigenvalue weighted by molar-refractivity contribution is 7.98. The molecule has 0 radical (unpaired) electrons. The molecule has 35 heavy (non-hydrogen) atoms. The van der Waals surface area contributed by atoms with Gasteiger partial charge in [-0.05, 0) is 85.7 Å². The minimum absolute atomic E-state index is 0.143. The van der Waals surface area contributed by atoms with Gasteiger partial charge >= 0.3 is 18.1 Å². The summed E-state index contributed by atoms with van der Waals surface area (Å²) in [6, 6.07) is 13.1. The Balaban J connectivity index is 1.27. The predicted molar refractivity (Wildman–Crippen MR) is 136 cm³/mol. The average Bonchev–Trinajstić information content (AvgIpc) is 2.84. The number of anilines is 2. The maximum Gasteiger partial charge on any atom is 0.410 e. The van der Waals surface area contributed by atoms with E-state index < -0.39 is 5.97 Å². The van der Waals surface area contributed by atoms with Crippen LogP contribution in [0, 0.1) is 5.92 Å². The number of fused-ring (bicyclic) bond motifs is 1. The van der Waals surface area contributed by atoms with Crippen molar-refractivity contribution in [2.24, 2.45) is 5.92 Å². The van der Waals surface area contributed by atoms with Crippen LogP contribution in [0.2, 0.25) is 0 Å². The number of carboxylic acid groups (broad SMARTS) is 1. The lowest BCUT2D eigenvalue weighted by Crippen LogP contribution is -2.39. The molecule has 9 heteroatoms. The molecule has 8 nitrogen and oxygen atoms in total. The maximum absolute atomic E-state index is 12.7. The molecule has 0 saturated heterocycles. The number of thioether (sulfide) groups is 1. The number of amides is 3. The zero-order valence-corrected chi connectivity index (χ0v) is 20.6. The molecule has 0 atom stereocenters. The third-order valence-electron chi connectivity index (χ3n) is 6.59. The van der Waals surface area contributed by atoms with Crippen molar-refractivity contribution in [3.63, 3.8) is 0 Å². The number of carbonyl (C=O) groups excluding carboxylic acids is 2. The Morgan fingerprint density at radius 2 is 1.77 bits per heavy atom. The monoisotopic (exact) mass is 497 g/mol. The highest BCUT2D eigenvalue weighted by Crippen LogP contribution is 2.30. The van der Waals surface area contributed by atoms with Crippen LogP contribution in [-0.2, 0) is 22.5 Å². The van der Waals surface area contributed by atoms with Crippen molar-refractivity contribution in [3.8, 4) is 0 Å². The summed E-state index contributed by atoms with van der Waals surface area (Å²) < 4.78 is 5.72. The standard InChI is InChI=1S/C26H31N3O5S/c1-35-23-4-2-3-20(15-23)27-25(32)28-21-8-7-19-16-29(12-11-18(19)14-21)26(33)34-22-9-5-17(6-10-22)13-24(30)31/h2-4,7-8,14-15,17,22H,5-6,9-13,16H2,1H3,(H,30,31)(H2,27,28,32)/t17-,22-. The molecule has 0 aromatic heterocycles. The zero-order chi connectivity index (χ0) is 24.8. The van der Waals surface area contributed by atoms with Crippen LogP contribution in [0.3, 0.4) is 0 Å². The number of urea groups is 1. The van der Waals surface area contributed by atoms with E-state index in [1.165, 1.54) is 0 Å². The van der Waals surface area contributed by atoms with Gasteiger partial charge in [0, 0.05) is 35.8 Å². The van der Waals surface area contributed by atoms with E-state index in [2.05, 4.69) is 10.6 Å². The van der Waals surface area contributed by atoms with Crippen molar-refractivity contribution < 1.29 is 24.2 Å². The number of benzene rings is 2. The molecule has 1 aliphatic heterocycles. The van der Waals surface area contributed by atoms with Gasteiger partial charge in [0.15, 0.2) is 0 Å². The van der Waals surface area contributed by atoms with Crippen LogP contribution >= 0.6 is 11.8 Å². The van der Waals surface area contributed by atoms with E-state index >= 15 is 0 Å². The van der Waals surface area contributed by atoms with Crippen molar-refractivity contribution >= 4 is 41.2 Å². The number of hydrogen-bond acceptors (Lipinski definition) is 5. The Kier molecular flexibility index (Phi) is 8.17. The summed E-state index contributed by atoms with van der Waals surface area (Å²) in [5.74, 6) is -0.591. The summed E-state index contributed by atoms with van der Waals surface area (Å²) in [5, 5.41) is 14.7. The molecule has 2 aliphatic rings. The topological polar surface area (TPSA) is 108 Å². The van der Waals surface area contributed by atoms with Gasteiger partial charge in [0.05, 0.1) is 0 Å². The normalized spacial score (nSPS) is 19.4. The molecule has 0 unspecified atom stereocenters. The lowest BCUT2D eigenvalue weighted by atomic mass is 9.85. The molecule has 1 saturated carbocycles. The van der Waals surface area contributed by atoms with E-state index in [1.54, 1.807) is 16.7 Å². The number of rotatable bonds is 6. The Bertz CT molecular complexity index is 1080. The van der Waals surface area contributed by atoms with Crippen LogP contribution in [0.4, 0.5) is 21.0 Å². The van der Waals surface area contributed by atoms with Gasteiger partial charge in [0.25, 0.3) is 0 Å². The number of ether oxygens (including phenoxy) is 1. The number of nitrogens with zero attached hydrogens (tertiary/aromatic N) is 1. The van der Waals surface area contributed by atoms with Crippen LogP contribution in [-0.4, -0.2) is 47.0 Å². The minimum Gasteiger partial charge on any atom is -0.481 e. The van der Waals surface area contributed by atoms with Crippen LogP contribution in [0.5, 0.6) is 0 Å². The summed E-state index contributed by atoms with van der Waals surface area (Å²) in [6.45, 7) is 1.02. The second-order valence-corrected chi connectivity index (χ2v) is 9.97. The van der Waals surface area contributed by atoms with Crippen LogP contribution in [0.25, 0.3) is 0 Å². The smallest absolute Gasteiger partial charge is 0.410 e. The summed E-state index contributed by atoms with van der Waals surface area (Å²) in [4.78, 5) is 38.8. The molecule has 2 aromatic rings. The van der Waals surface area contributed by atoms with E-state index in [0.29, 0.717) is 38.0 Å². The molecule has 186 valence electrons. The van der Waals surface area contributed by atoms with Crippen molar-refractivity contribution in [2.45, 2.75) is 56.1 Å². The maximum atomic E-state index is 12.7. The number of carbonyl (C=O) groups is 3. The SMILES string of the molecule is CSc1cccc(NC(=O)Nc2ccc3c(c2)CCN(C(=O)O[C@H]2CC[C@H](CC(=O)O)CC2)C3)c1. The van der Waals surface area contributed by atoms with E-state index in [1.807, 2.05) is 48.7 Å². The first-order chi connectivity index (χ1) is 16.9. The Labute approximate surface area is 209 Å². The molecular formula is C26H31N3O5S. The van der Waals surface area contributed by atoms with E-state index in [0.717, 1.165) is 34.6 Å². The molecule has 0 spiro atoms. The van der Waals surface area contributed by atoms with Gasteiger partial charge in [-0.2, -0.15) is 0 Å². The molecule has 3 N–H and O–H groups in total. The largest absolute Gasteiger partial charge is 0.481 e. The first-order valence-corrected chi connectivity index (χ1v) is 13.1. The van der Waals surface area contributed by atoms with Gasteiger partial charge < -0.3 is 25.4 Å². The highest BCUT2D eigenvalue weighted by Gasteiger charge is 2.28. The zero-order valence-electron chi connectivity index (χ0n) is 19.8. The summed E-state index contributed by atoms with van der Waals surface area (Å²) in [5.41, 5.74) is 3.58. The van der Waals surface area contributed by atoms with Gasteiger partial charge in [-0.1, -0.05) is 12.1 Å². The fourth-order valence-corrected chi connectivity index (χ4v) is 5.16. The Morgan fingerprint density at radius 1 is 1.03 bits per heavy atom. The Morgan fingerprint density at radius 3 is 2.49 bits per heavy atom. The predicted octanol–water partition coefficient (Wildman–Crippen LogP) is 5.58. The van der Waals surface area contributed by atoms with Crippen molar-refractivity contribution in [2.75, 3.05) is 23.4 Å². The summed E-state index contributed by atoms with van der Waals surface area (Å²) in [6.07, 6.45) is 5.39. The summed E-state index contributed by atoms with van der Waals surface area (Å²) >= 11 is 1.61. The number of aliphatic carboxylic acids is 1. The van der Waals surface area contributed by atoms with Crippen LogP contribution < -0.4 is 10.6 Å². The molecule has 1 aliphatic carbocycles. The average molecular weight is 498 g/mol. The first-order valence-electron chi connectivity index (χ1n) is 11.9. The molecule has 1 fully saturated rings. The number of carboxylic acids is 1. The second kappa shape index (κ2) is 11.5. The van der Waals surface area contributed by atoms with E-state index in [4.69, 9.17) is 9.84 Å². The van der Waals surface area contributed by atoms with Gasteiger partial charge in [-0.25, -0.2) is 9.59 Å². The lowest BCUT2D eigenvalue weighted by molar-refractivity contribution is -0.138. The van der Waals surface area contributed by atoms with Crippen LogP contribution in [0.1, 0.15) is 43.2 Å². The van der Waals surface area contributed by atoms with E-state index in [9.17, 15) is 14.4 Å². The van der Waals surface area contributed by atoms with Gasteiger partial charge in [-0.3, -0.25) is 4.79 Å². The summed E-state index contributed by atoms with van der Waals surface area (Å²) in [7, 11) is 0. The third kappa shape index (κ3) is 6.91. The van der Waals surface area contributed by atoms with Gasteiger partial charge in [0.2, 0.25) is 0 Å². The van der Waals surface area contributed by atoms with Crippen LogP contribution in [0.15, 0.2) is 47.4 Å². The molecule has 4 rings (SSSR count).